The van der Waals surface area contributed by atoms with Gasteiger partial charge in [0, 0.05) is 34.4 Å². The molecule has 2 aromatic rings. The van der Waals surface area contributed by atoms with Crippen molar-refractivity contribution in [2.24, 2.45) is 0 Å². The van der Waals surface area contributed by atoms with Gasteiger partial charge in [-0.05, 0) is 39.0 Å². The molecule has 4 nitrogen and oxygen atoms in total. The van der Waals surface area contributed by atoms with Crippen molar-refractivity contribution in [3.63, 3.8) is 0 Å². The molecule has 112 valence electrons. The van der Waals surface area contributed by atoms with Gasteiger partial charge in [-0.3, -0.25) is 0 Å². The maximum atomic E-state index is 6.12. The maximum Gasteiger partial charge on any atom is 0.207 e. The first-order valence-corrected chi connectivity index (χ1v) is 7.97. The highest BCUT2D eigenvalue weighted by Crippen LogP contribution is 2.28. The number of allylic oxidation sites excluding steroid dienone is 1. The molecule has 2 N–H and O–H groups in total. The van der Waals surface area contributed by atoms with Gasteiger partial charge in [-0.2, -0.15) is 9.36 Å². The van der Waals surface area contributed by atoms with E-state index in [1.807, 2.05) is 19.1 Å². The van der Waals surface area contributed by atoms with Crippen molar-refractivity contribution in [1.82, 2.24) is 14.7 Å². The van der Waals surface area contributed by atoms with Crippen LogP contribution in [0.2, 0.25) is 10.0 Å². The lowest BCUT2D eigenvalue weighted by molar-refractivity contribution is 0.673. The van der Waals surface area contributed by atoms with Crippen LogP contribution in [0, 0.1) is 0 Å². The average molecular weight is 343 g/mol. The molecule has 0 bridgehead atoms. The topological polar surface area (TPSA) is 49.8 Å². The molecule has 0 saturated carbocycles. The van der Waals surface area contributed by atoms with E-state index in [0.717, 1.165) is 11.4 Å². The normalized spacial score (nSPS) is 11.8. The summed E-state index contributed by atoms with van der Waals surface area (Å²) in [6, 6.07) is 5.65. The Kier molecular flexibility index (Phi) is 5.45. The first-order chi connectivity index (χ1) is 9.94. The smallest absolute Gasteiger partial charge is 0.207 e. The van der Waals surface area contributed by atoms with E-state index in [4.69, 9.17) is 23.2 Å². The van der Waals surface area contributed by atoms with Crippen LogP contribution in [0.3, 0.4) is 0 Å². The second-order valence-electron chi connectivity index (χ2n) is 4.83. The summed E-state index contributed by atoms with van der Waals surface area (Å²) in [7, 11) is 0. The third-order valence-electron chi connectivity index (χ3n) is 2.48. The van der Waals surface area contributed by atoms with E-state index >= 15 is 0 Å². The fourth-order valence-electron chi connectivity index (χ4n) is 1.74. The summed E-state index contributed by atoms with van der Waals surface area (Å²) >= 11 is 13.3. The quantitative estimate of drug-likeness (QED) is 0.807. The second kappa shape index (κ2) is 7.11. The number of aromatic nitrogens is 2. The van der Waals surface area contributed by atoms with Gasteiger partial charge in [0.25, 0.3) is 0 Å². The third kappa shape index (κ3) is 4.88. The van der Waals surface area contributed by atoms with E-state index in [9.17, 15) is 0 Å². The molecule has 0 radical (unpaired) electrons. The predicted molar refractivity (Wildman–Crippen MR) is 91.6 cm³/mol. The van der Waals surface area contributed by atoms with Crippen LogP contribution in [0.5, 0.6) is 0 Å². The molecule has 2 rings (SSSR count). The molecule has 0 aliphatic rings. The molecule has 0 unspecified atom stereocenters. The molecule has 21 heavy (non-hydrogen) atoms. The van der Waals surface area contributed by atoms with Crippen molar-refractivity contribution in [1.29, 1.82) is 0 Å². The standard InChI is InChI=1S/C14H16Cl2N4S/c1-8(2)17-9(3)6-13-19-14(21-20-13)18-12-5-4-10(15)7-11(12)16/h4-8,17H,1-3H3,(H,18,19,20)/b9-6+. The second-order valence-corrected chi connectivity index (χ2v) is 6.43. The molecule has 0 saturated heterocycles. The highest BCUT2D eigenvalue weighted by atomic mass is 35.5. The first kappa shape index (κ1) is 16.1. The van der Waals surface area contributed by atoms with Crippen molar-refractivity contribution in [2.45, 2.75) is 26.8 Å². The summed E-state index contributed by atoms with van der Waals surface area (Å²) in [4.78, 5) is 4.40. The molecular formula is C14H16Cl2N4S. The Morgan fingerprint density at radius 3 is 2.76 bits per heavy atom. The van der Waals surface area contributed by atoms with Gasteiger partial charge in [0.2, 0.25) is 5.13 Å². The van der Waals surface area contributed by atoms with Crippen LogP contribution in [0.4, 0.5) is 10.8 Å². The maximum absolute atomic E-state index is 6.12. The molecule has 1 heterocycles. The van der Waals surface area contributed by atoms with E-state index in [-0.39, 0.29) is 0 Å². The summed E-state index contributed by atoms with van der Waals surface area (Å²) in [5.41, 5.74) is 1.78. The highest BCUT2D eigenvalue weighted by Gasteiger charge is 2.06. The lowest BCUT2D eigenvalue weighted by Gasteiger charge is -2.08. The lowest BCUT2D eigenvalue weighted by Crippen LogP contribution is -2.20. The number of nitrogens with zero attached hydrogens (tertiary/aromatic N) is 2. The Bertz CT molecular complexity index is 652. The van der Waals surface area contributed by atoms with E-state index in [1.165, 1.54) is 11.5 Å². The zero-order valence-corrected chi connectivity index (χ0v) is 14.3. The van der Waals surface area contributed by atoms with Gasteiger partial charge in [-0.1, -0.05) is 23.2 Å². The fourth-order valence-corrected chi connectivity index (χ4v) is 2.76. The molecule has 0 atom stereocenters. The van der Waals surface area contributed by atoms with Crippen molar-refractivity contribution in [3.8, 4) is 0 Å². The highest BCUT2D eigenvalue weighted by molar-refractivity contribution is 7.09. The first-order valence-electron chi connectivity index (χ1n) is 6.44. The SMILES string of the molecule is C/C(=C\c1nsc(Nc2ccc(Cl)cc2Cl)n1)NC(C)C. The summed E-state index contributed by atoms with van der Waals surface area (Å²) < 4.78 is 4.29. The summed E-state index contributed by atoms with van der Waals surface area (Å²) in [5.74, 6) is 0.665. The van der Waals surface area contributed by atoms with Crippen LogP contribution in [0.15, 0.2) is 23.9 Å². The summed E-state index contributed by atoms with van der Waals surface area (Å²) in [5, 5.41) is 8.26. The van der Waals surface area contributed by atoms with Gasteiger partial charge >= 0.3 is 0 Å². The van der Waals surface area contributed by atoms with E-state index in [1.54, 1.807) is 12.1 Å². The average Bonchev–Trinajstić information content (AvgIpc) is 2.79. The van der Waals surface area contributed by atoms with Crippen LogP contribution in [-0.4, -0.2) is 15.4 Å². The van der Waals surface area contributed by atoms with Crippen LogP contribution in [-0.2, 0) is 0 Å². The summed E-state index contributed by atoms with van der Waals surface area (Å²) in [6.07, 6.45) is 1.91. The van der Waals surface area contributed by atoms with Crippen molar-refractivity contribution < 1.29 is 0 Å². The van der Waals surface area contributed by atoms with Gasteiger partial charge in [-0.15, -0.1) is 0 Å². The van der Waals surface area contributed by atoms with Gasteiger partial charge in [-0.25, -0.2) is 0 Å². The molecule has 0 spiro atoms. The van der Waals surface area contributed by atoms with Crippen LogP contribution >= 0.6 is 34.7 Å². The minimum atomic E-state index is 0.380. The molecule has 0 aliphatic carbocycles. The minimum absolute atomic E-state index is 0.380. The van der Waals surface area contributed by atoms with Crippen LogP contribution in [0.25, 0.3) is 6.08 Å². The monoisotopic (exact) mass is 342 g/mol. The Balaban J connectivity index is 2.09. The fraction of sp³-hybridized carbons (Fsp3) is 0.286. The third-order valence-corrected chi connectivity index (χ3v) is 3.67. The lowest BCUT2D eigenvalue weighted by atomic mass is 10.3. The molecule has 0 amide bonds. The number of rotatable bonds is 5. The number of anilines is 2. The number of benzene rings is 1. The Labute approximate surface area is 138 Å². The van der Waals surface area contributed by atoms with Crippen LogP contribution in [0.1, 0.15) is 26.6 Å². The Morgan fingerprint density at radius 1 is 1.33 bits per heavy atom. The largest absolute Gasteiger partial charge is 0.386 e. The molecule has 0 aliphatic heterocycles. The molecule has 7 heteroatoms. The Morgan fingerprint density at radius 2 is 2.10 bits per heavy atom. The van der Waals surface area contributed by atoms with Crippen molar-refractivity contribution in [3.05, 3.63) is 39.8 Å². The van der Waals surface area contributed by atoms with E-state index in [2.05, 4.69) is 33.8 Å². The summed E-state index contributed by atoms with van der Waals surface area (Å²) in [6.45, 7) is 6.16. The Hall–Kier alpha value is -1.30. The van der Waals surface area contributed by atoms with Gasteiger partial charge in [0.05, 0.1) is 10.7 Å². The number of hydrogen-bond acceptors (Lipinski definition) is 5. The zero-order valence-electron chi connectivity index (χ0n) is 11.9. The van der Waals surface area contributed by atoms with Gasteiger partial charge in [0.15, 0.2) is 5.82 Å². The predicted octanol–water partition coefficient (Wildman–Crippen LogP) is 4.95. The van der Waals surface area contributed by atoms with Crippen LogP contribution < -0.4 is 10.6 Å². The van der Waals surface area contributed by atoms with E-state index < -0.39 is 0 Å². The molecule has 1 aromatic heterocycles. The van der Waals surface area contributed by atoms with E-state index in [0.29, 0.717) is 27.0 Å². The van der Waals surface area contributed by atoms with Gasteiger partial charge < -0.3 is 10.6 Å². The van der Waals surface area contributed by atoms with Gasteiger partial charge in [0.1, 0.15) is 0 Å². The molecule has 0 fully saturated rings. The number of nitrogens with one attached hydrogen (secondary N) is 2. The molecule has 1 aromatic carbocycles. The molecular weight excluding hydrogens is 327 g/mol. The number of hydrogen-bond donors (Lipinski definition) is 2. The zero-order chi connectivity index (χ0) is 15.4. The van der Waals surface area contributed by atoms with Crippen molar-refractivity contribution >= 4 is 51.6 Å². The van der Waals surface area contributed by atoms with Crippen molar-refractivity contribution in [2.75, 3.05) is 5.32 Å². The number of halogens is 2. The minimum Gasteiger partial charge on any atom is -0.386 e.